The van der Waals surface area contributed by atoms with Gasteiger partial charge in [0.2, 0.25) is 0 Å². The van der Waals surface area contributed by atoms with Crippen molar-refractivity contribution >= 4 is 11.8 Å². The number of amides is 2. The largest absolute Gasteiger partial charge is 0.341 e. The van der Waals surface area contributed by atoms with Crippen molar-refractivity contribution in [1.82, 2.24) is 9.80 Å². The average molecular weight is 186 g/mol. The summed E-state index contributed by atoms with van der Waals surface area (Å²) >= 11 is 0. The van der Waals surface area contributed by atoms with Crippen LogP contribution in [0.1, 0.15) is 20.8 Å². The normalized spacial score (nSPS) is 10.9. The molecule has 0 rings (SSSR count). The molecule has 0 saturated heterocycles. The van der Waals surface area contributed by atoms with Crippen molar-refractivity contribution in [1.29, 1.82) is 0 Å². The summed E-state index contributed by atoms with van der Waals surface area (Å²) < 4.78 is 0. The molecule has 0 saturated carbocycles. The molecule has 2 amide bonds. The highest BCUT2D eigenvalue weighted by Gasteiger charge is 2.28. The van der Waals surface area contributed by atoms with Gasteiger partial charge in [0.15, 0.2) is 0 Å². The first-order valence-corrected chi connectivity index (χ1v) is 4.17. The number of carbonyl (C=O) groups excluding carboxylic acids is 2. The maximum atomic E-state index is 11.5. The summed E-state index contributed by atoms with van der Waals surface area (Å²) in [5.74, 6) is -0.963. The lowest BCUT2D eigenvalue weighted by Gasteiger charge is -2.31. The van der Waals surface area contributed by atoms with Crippen molar-refractivity contribution < 1.29 is 9.59 Å². The highest BCUT2D eigenvalue weighted by Crippen LogP contribution is 2.10. The summed E-state index contributed by atoms with van der Waals surface area (Å²) in [6.07, 6.45) is 0. The third kappa shape index (κ3) is 3.05. The smallest absolute Gasteiger partial charge is 0.312 e. The van der Waals surface area contributed by atoms with E-state index in [2.05, 4.69) is 0 Å². The van der Waals surface area contributed by atoms with Gasteiger partial charge in [0.1, 0.15) is 0 Å². The first-order chi connectivity index (χ1) is 5.68. The van der Waals surface area contributed by atoms with Crippen molar-refractivity contribution in [3.63, 3.8) is 0 Å². The Hall–Kier alpha value is -1.06. The highest BCUT2D eigenvalue weighted by atomic mass is 16.2. The topological polar surface area (TPSA) is 40.6 Å². The van der Waals surface area contributed by atoms with Crippen LogP contribution in [0.25, 0.3) is 0 Å². The molecular weight excluding hydrogens is 168 g/mol. The van der Waals surface area contributed by atoms with Gasteiger partial charge in [-0.15, -0.1) is 0 Å². The van der Waals surface area contributed by atoms with E-state index in [4.69, 9.17) is 0 Å². The summed E-state index contributed by atoms with van der Waals surface area (Å²) in [4.78, 5) is 25.5. The maximum Gasteiger partial charge on any atom is 0.312 e. The Kier molecular flexibility index (Phi) is 3.46. The predicted molar refractivity (Wildman–Crippen MR) is 51.2 cm³/mol. The van der Waals surface area contributed by atoms with Crippen molar-refractivity contribution in [2.24, 2.45) is 0 Å². The lowest BCUT2D eigenvalue weighted by molar-refractivity contribution is -0.152. The highest BCUT2D eigenvalue weighted by molar-refractivity contribution is 6.34. The lowest BCUT2D eigenvalue weighted by atomic mass is 10.1. The van der Waals surface area contributed by atoms with E-state index in [0.717, 1.165) is 0 Å². The number of rotatable bonds is 0. The molecule has 0 radical (unpaired) electrons. The van der Waals surface area contributed by atoms with Gasteiger partial charge in [-0.05, 0) is 20.8 Å². The predicted octanol–water partition coefficient (Wildman–Crippen LogP) is 0.331. The summed E-state index contributed by atoms with van der Waals surface area (Å²) in [6, 6.07) is 0. The first-order valence-electron chi connectivity index (χ1n) is 4.17. The summed E-state index contributed by atoms with van der Waals surface area (Å²) in [6.45, 7) is 5.65. The van der Waals surface area contributed by atoms with Gasteiger partial charge in [0, 0.05) is 26.7 Å². The first kappa shape index (κ1) is 11.9. The molecule has 76 valence electrons. The van der Waals surface area contributed by atoms with Gasteiger partial charge in [0.25, 0.3) is 0 Å². The molecule has 0 aliphatic heterocycles. The monoisotopic (exact) mass is 186 g/mol. The summed E-state index contributed by atoms with van der Waals surface area (Å²) in [5.41, 5.74) is -0.317. The number of hydrogen-bond acceptors (Lipinski definition) is 2. The lowest BCUT2D eigenvalue weighted by Crippen LogP contribution is -2.48. The van der Waals surface area contributed by atoms with Gasteiger partial charge in [-0.2, -0.15) is 0 Å². The fourth-order valence-electron chi connectivity index (χ4n) is 0.639. The fourth-order valence-corrected chi connectivity index (χ4v) is 0.639. The van der Waals surface area contributed by atoms with Crippen LogP contribution in [0.2, 0.25) is 0 Å². The zero-order valence-corrected chi connectivity index (χ0v) is 9.21. The second kappa shape index (κ2) is 3.77. The maximum absolute atomic E-state index is 11.5. The quantitative estimate of drug-likeness (QED) is 0.512. The average Bonchev–Trinajstić information content (AvgIpc) is 1.98. The van der Waals surface area contributed by atoms with Crippen LogP contribution in [0, 0.1) is 0 Å². The molecule has 0 aromatic rings. The molecule has 0 atom stereocenters. The fraction of sp³-hybridized carbons (Fsp3) is 0.778. The SMILES string of the molecule is CN(C)C(=O)C(=O)N(C)C(C)(C)C. The van der Waals surface area contributed by atoms with Crippen molar-refractivity contribution in [2.45, 2.75) is 26.3 Å². The summed E-state index contributed by atoms with van der Waals surface area (Å²) in [5, 5.41) is 0. The van der Waals surface area contributed by atoms with E-state index < -0.39 is 11.8 Å². The van der Waals surface area contributed by atoms with E-state index >= 15 is 0 Å². The Morgan fingerprint density at radius 1 is 0.923 bits per heavy atom. The van der Waals surface area contributed by atoms with E-state index in [0.29, 0.717) is 0 Å². The molecule has 0 unspecified atom stereocenters. The van der Waals surface area contributed by atoms with E-state index in [1.165, 1.54) is 9.80 Å². The summed E-state index contributed by atoms with van der Waals surface area (Å²) in [7, 11) is 4.76. The van der Waals surface area contributed by atoms with Crippen LogP contribution in [0.4, 0.5) is 0 Å². The van der Waals surface area contributed by atoms with Crippen LogP contribution in [0.15, 0.2) is 0 Å². The zero-order valence-electron chi connectivity index (χ0n) is 9.21. The zero-order chi connectivity index (χ0) is 10.8. The molecule has 0 aromatic heterocycles. The van der Waals surface area contributed by atoms with Gasteiger partial charge in [0.05, 0.1) is 0 Å². The third-order valence-corrected chi connectivity index (χ3v) is 1.90. The van der Waals surface area contributed by atoms with E-state index in [1.807, 2.05) is 20.8 Å². The third-order valence-electron chi connectivity index (χ3n) is 1.90. The number of carbonyl (C=O) groups is 2. The minimum atomic E-state index is -0.488. The molecule has 4 nitrogen and oxygen atoms in total. The molecule has 0 heterocycles. The van der Waals surface area contributed by atoms with Crippen LogP contribution in [0.3, 0.4) is 0 Å². The Balaban J connectivity index is 4.54. The Bertz CT molecular complexity index is 216. The minimum absolute atomic E-state index is 0.317. The molecule has 0 aromatic carbocycles. The second-order valence-corrected chi connectivity index (χ2v) is 4.23. The molecular formula is C9H18N2O2. The number of hydrogen-bond donors (Lipinski definition) is 0. The van der Waals surface area contributed by atoms with Crippen LogP contribution in [0.5, 0.6) is 0 Å². The van der Waals surface area contributed by atoms with Crippen molar-refractivity contribution in [3.8, 4) is 0 Å². The van der Waals surface area contributed by atoms with Gasteiger partial charge < -0.3 is 9.80 Å². The molecule has 0 aliphatic rings. The van der Waals surface area contributed by atoms with Crippen LogP contribution in [-0.2, 0) is 9.59 Å². The van der Waals surface area contributed by atoms with Gasteiger partial charge in [-0.1, -0.05) is 0 Å². The van der Waals surface area contributed by atoms with Crippen LogP contribution < -0.4 is 0 Å². The van der Waals surface area contributed by atoms with E-state index in [9.17, 15) is 9.59 Å². The number of likely N-dealkylation sites (N-methyl/N-ethyl adjacent to an activating group) is 2. The van der Waals surface area contributed by atoms with Crippen LogP contribution >= 0.6 is 0 Å². The molecule has 0 aliphatic carbocycles. The van der Waals surface area contributed by atoms with Crippen molar-refractivity contribution in [3.05, 3.63) is 0 Å². The molecule has 0 N–H and O–H groups in total. The Morgan fingerprint density at radius 2 is 1.31 bits per heavy atom. The van der Waals surface area contributed by atoms with Crippen molar-refractivity contribution in [2.75, 3.05) is 21.1 Å². The molecule has 0 fully saturated rings. The standard InChI is InChI=1S/C9H18N2O2/c1-9(2,3)11(6)8(13)7(12)10(4)5/h1-6H3. The molecule has 0 bridgehead atoms. The van der Waals surface area contributed by atoms with Gasteiger partial charge in [-0.3, -0.25) is 9.59 Å². The van der Waals surface area contributed by atoms with Gasteiger partial charge in [-0.25, -0.2) is 0 Å². The second-order valence-electron chi connectivity index (χ2n) is 4.23. The number of nitrogens with zero attached hydrogens (tertiary/aromatic N) is 2. The van der Waals surface area contributed by atoms with E-state index in [-0.39, 0.29) is 5.54 Å². The molecule has 13 heavy (non-hydrogen) atoms. The Morgan fingerprint density at radius 3 is 1.54 bits per heavy atom. The van der Waals surface area contributed by atoms with Gasteiger partial charge >= 0.3 is 11.8 Å². The minimum Gasteiger partial charge on any atom is -0.341 e. The molecule has 4 heteroatoms. The van der Waals surface area contributed by atoms with Crippen LogP contribution in [-0.4, -0.2) is 48.3 Å². The Labute approximate surface area is 79.5 Å². The van der Waals surface area contributed by atoms with E-state index in [1.54, 1.807) is 21.1 Å². The molecule has 0 spiro atoms.